The zero-order chi connectivity index (χ0) is 19.9. The minimum Gasteiger partial charge on any atom is -0.462 e. The van der Waals surface area contributed by atoms with Crippen molar-refractivity contribution in [2.45, 2.75) is 13.5 Å². The Bertz CT molecular complexity index is 900. The van der Waals surface area contributed by atoms with Gasteiger partial charge in [0, 0.05) is 18.9 Å². The van der Waals surface area contributed by atoms with Crippen LogP contribution in [-0.4, -0.2) is 44.7 Å². The average molecular weight is 391 g/mol. The van der Waals surface area contributed by atoms with E-state index in [0.717, 1.165) is 16.1 Å². The molecule has 0 fully saturated rings. The van der Waals surface area contributed by atoms with Gasteiger partial charge in [0.1, 0.15) is 6.54 Å². The molecule has 9 heteroatoms. The van der Waals surface area contributed by atoms with Crippen molar-refractivity contribution in [1.82, 2.24) is 10.3 Å². The number of nitrogens with one attached hydrogen (secondary N) is 1. The highest BCUT2D eigenvalue weighted by Gasteiger charge is 2.25. The lowest BCUT2D eigenvalue weighted by atomic mass is 10.2. The summed E-state index contributed by atoms with van der Waals surface area (Å²) < 4.78 is 30.4. The van der Waals surface area contributed by atoms with Crippen LogP contribution in [0.1, 0.15) is 22.8 Å². The molecule has 1 amide bonds. The molecular weight excluding hydrogens is 370 g/mol. The molecule has 2 rings (SSSR count). The van der Waals surface area contributed by atoms with Gasteiger partial charge in [-0.05, 0) is 30.7 Å². The van der Waals surface area contributed by atoms with Crippen LogP contribution >= 0.6 is 0 Å². The number of pyridine rings is 1. The summed E-state index contributed by atoms with van der Waals surface area (Å²) in [5.41, 5.74) is 0.948. The van der Waals surface area contributed by atoms with Gasteiger partial charge in [0.25, 0.3) is 0 Å². The van der Waals surface area contributed by atoms with E-state index in [4.69, 9.17) is 4.74 Å². The van der Waals surface area contributed by atoms with Gasteiger partial charge in [-0.25, -0.2) is 13.2 Å². The Morgan fingerprint density at radius 1 is 1.19 bits per heavy atom. The van der Waals surface area contributed by atoms with Gasteiger partial charge in [0.05, 0.1) is 24.1 Å². The molecule has 0 radical (unpaired) electrons. The number of carbonyl (C=O) groups excluding carboxylic acids is 2. The molecule has 0 aliphatic rings. The number of para-hydroxylation sites is 1. The van der Waals surface area contributed by atoms with Gasteiger partial charge in [-0.1, -0.05) is 18.2 Å². The highest BCUT2D eigenvalue weighted by atomic mass is 32.2. The van der Waals surface area contributed by atoms with Crippen LogP contribution in [0.15, 0.2) is 48.8 Å². The molecule has 0 saturated heterocycles. The van der Waals surface area contributed by atoms with Crippen LogP contribution in [0.4, 0.5) is 5.69 Å². The van der Waals surface area contributed by atoms with E-state index in [2.05, 4.69) is 10.3 Å². The number of ether oxygens (including phenoxy) is 1. The largest absolute Gasteiger partial charge is 0.462 e. The van der Waals surface area contributed by atoms with E-state index in [0.29, 0.717) is 0 Å². The number of hydrogen-bond acceptors (Lipinski definition) is 6. The first-order chi connectivity index (χ1) is 12.8. The van der Waals surface area contributed by atoms with E-state index in [1.165, 1.54) is 12.1 Å². The maximum Gasteiger partial charge on any atom is 0.340 e. The van der Waals surface area contributed by atoms with Gasteiger partial charge in [-0.15, -0.1) is 0 Å². The van der Waals surface area contributed by atoms with Crippen molar-refractivity contribution in [3.63, 3.8) is 0 Å². The number of esters is 1. The number of aromatic nitrogens is 1. The Morgan fingerprint density at radius 3 is 2.56 bits per heavy atom. The summed E-state index contributed by atoms with van der Waals surface area (Å²) in [6.07, 6.45) is 4.19. The molecule has 1 aromatic heterocycles. The minimum atomic E-state index is -3.81. The number of rotatable bonds is 8. The quantitative estimate of drug-likeness (QED) is 0.681. The van der Waals surface area contributed by atoms with Gasteiger partial charge in [0.2, 0.25) is 15.9 Å². The van der Waals surface area contributed by atoms with Crippen molar-refractivity contribution in [2.75, 3.05) is 23.7 Å². The summed E-state index contributed by atoms with van der Waals surface area (Å²) in [5, 5.41) is 2.64. The van der Waals surface area contributed by atoms with Crippen molar-refractivity contribution < 1.29 is 22.7 Å². The fourth-order valence-corrected chi connectivity index (χ4v) is 3.21. The molecule has 2 aromatic rings. The van der Waals surface area contributed by atoms with Gasteiger partial charge >= 0.3 is 5.97 Å². The van der Waals surface area contributed by atoms with E-state index >= 15 is 0 Å². The smallest absolute Gasteiger partial charge is 0.340 e. The second kappa shape index (κ2) is 9.13. The summed E-state index contributed by atoms with van der Waals surface area (Å²) in [6, 6.07) is 9.63. The fraction of sp³-hybridized carbons (Fsp3) is 0.278. The molecule has 8 nitrogen and oxygen atoms in total. The van der Waals surface area contributed by atoms with E-state index in [1.807, 2.05) is 0 Å². The third-order valence-electron chi connectivity index (χ3n) is 3.57. The van der Waals surface area contributed by atoms with E-state index in [-0.39, 0.29) is 24.4 Å². The zero-order valence-corrected chi connectivity index (χ0v) is 15.9. The number of nitrogens with zero attached hydrogens (tertiary/aromatic N) is 2. The Morgan fingerprint density at radius 2 is 1.93 bits per heavy atom. The Hall–Kier alpha value is -2.94. The molecule has 144 valence electrons. The molecule has 0 bridgehead atoms. The van der Waals surface area contributed by atoms with Crippen LogP contribution < -0.4 is 9.62 Å². The number of sulfonamides is 1. The monoisotopic (exact) mass is 391 g/mol. The van der Waals surface area contributed by atoms with Crippen molar-refractivity contribution in [2.24, 2.45) is 0 Å². The lowest BCUT2D eigenvalue weighted by Crippen LogP contribution is -2.40. The predicted octanol–water partition coefficient (Wildman–Crippen LogP) is 1.34. The van der Waals surface area contributed by atoms with Crippen molar-refractivity contribution in [3.05, 3.63) is 59.9 Å². The summed E-state index contributed by atoms with van der Waals surface area (Å²) >= 11 is 0. The molecule has 0 unspecified atom stereocenters. The van der Waals surface area contributed by atoms with Crippen LogP contribution in [0, 0.1) is 0 Å². The first kappa shape index (κ1) is 20.4. The number of amides is 1. The summed E-state index contributed by atoms with van der Waals surface area (Å²) in [7, 11) is -3.81. The first-order valence-electron chi connectivity index (χ1n) is 8.22. The second-order valence-electron chi connectivity index (χ2n) is 5.65. The van der Waals surface area contributed by atoms with Crippen LogP contribution in [0.25, 0.3) is 0 Å². The Balaban J connectivity index is 2.22. The summed E-state index contributed by atoms with van der Waals surface area (Å²) in [5.74, 6) is -1.17. The van der Waals surface area contributed by atoms with E-state index in [9.17, 15) is 18.0 Å². The number of benzene rings is 1. The normalized spacial score (nSPS) is 10.9. The molecule has 1 aromatic carbocycles. The highest BCUT2D eigenvalue weighted by Crippen LogP contribution is 2.23. The molecule has 0 aliphatic carbocycles. The van der Waals surface area contributed by atoms with Gasteiger partial charge in [0.15, 0.2) is 0 Å². The number of carbonyl (C=O) groups is 2. The third kappa shape index (κ3) is 5.78. The Kier molecular flexibility index (Phi) is 6.89. The summed E-state index contributed by atoms with van der Waals surface area (Å²) in [4.78, 5) is 28.4. The van der Waals surface area contributed by atoms with Crippen LogP contribution in [0.3, 0.4) is 0 Å². The first-order valence-corrected chi connectivity index (χ1v) is 10.1. The molecule has 27 heavy (non-hydrogen) atoms. The van der Waals surface area contributed by atoms with Crippen molar-refractivity contribution in [3.8, 4) is 0 Å². The molecule has 0 atom stereocenters. The maximum absolute atomic E-state index is 12.3. The van der Waals surface area contributed by atoms with Gasteiger partial charge < -0.3 is 10.1 Å². The standard InChI is InChI=1S/C18H21N3O5S/c1-3-26-18(23)15-8-4-5-9-16(15)21(27(2,24)25)13-17(22)20-12-14-7-6-10-19-11-14/h4-11H,3,12-13H2,1-2H3,(H,20,22). The molecular formula is C18H21N3O5S. The minimum absolute atomic E-state index is 0.0739. The SMILES string of the molecule is CCOC(=O)c1ccccc1N(CC(=O)NCc1cccnc1)S(C)(=O)=O. The van der Waals surface area contributed by atoms with E-state index < -0.39 is 28.4 Å². The fourth-order valence-electron chi connectivity index (χ4n) is 2.34. The van der Waals surface area contributed by atoms with Crippen LogP contribution in [-0.2, 0) is 26.1 Å². The predicted molar refractivity (Wildman–Crippen MR) is 101 cm³/mol. The number of hydrogen-bond donors (Lipinski definition) is 1. The van der Waals surface area contributed by atoms with Crippen LogP contribution in [0.2, 0.25) is 0 Å². The lowest BCUT2D eigenvalue weighted by molar-refractivity contribution is -0.119. The molecule has 1 heterocycles. The molecule has 0 spiro atoms. The maximum atomic E-state index is 12.3. The third-order valence-corrected chi connectivity index (χ3v) is 4.69. The lowest BCUT2D eigenvalue weighted by Gasteiger charge is -2.23. The summed E-state index contributed by atoms with van der Waals surface area (Å²) in [6.45, 7) is 1.55. The number of anilines is 1. The molecule has 0 aliphatic heterocycles. The average Bonchev–Trinajstić information content (AvgIpc) is 2.64. The molecule has 1 N–H and O–H groups in total. The topological polar surface area (TPSA) is 106 Å². The van der Waals surface area contributed by atoms with E-state index in [1.54, 1.807) is 43.6 Å². The van der Waals surface area contributed by atoms with Crippen molar-refractivity contribution in [1.29, 1.82) is 0 Å². The highest BCUT2D eigenvalue weighted by molar-refractivity contribution is 7.92. The molecule has 0 saturated carbocycles. The van der Waals surface area contributed by atoms with Crippen molar-refractivity contribution >= 4 is 27.6 Å². The van der Waals surface area contributed by atoms with Gasteiger partial charge in [-0.3, -0.25) is 14.1 Å². The van der Waals surface area contributed by atoms with Crippen LogP contribution in [0.5, 0.6) is 0 Å². The second-order valence-corrected chi connectivity index (χ2v) is 7.55. The van der Waals surface area contributed by atoms with Gasteiger partial charge in [-0.2, -0.15) is 0 Å². The zero-order valence-electron chi connectivity index (χ0n) is 15.1. The Labute approximate surface area is 158 Å².